The standard InChI is InChI=1S/C30H31N4O4S2/c1-5-33(6-2)40(35,36)26-17-11-22(12-18-26)28-20-39-30(31-28)34-29(23-9-15-25(38-4)16-10-23)19-27(32-34)21-7-13-24(37-3)14-8-21/h7-18,20H,5-6,19H2,1-4H3/q+1. The maximum Gasteiger partial charge on any atom is 0.408 e. The molecule has 10 heteroatoms. The van der Waals surface area contributed by atoms with Crippen LogP contribution in [-0.2, 0) is 10.0 Å². The van der Waals surface area contributed by atoms with Crippen LogP contribution in [0.1, 0.15) is 31.4 Å². The van der Waals surface area contributed by atoms with Gasteiger partial charge in [-0.15, -0.1) is 0 Å². The zero-order chi connectivity index (χ0) is 28.3. The monoisotopic (exact) mass is 575 g/mol. The molecule has 8 nitrogen and oxygen atoms in total. The van der Waals surface area contributed by atoms with Gasteiger partial charge in [-0.3, -0.25) is 0 Å². The Morgan fingerprint density at radius 1 is 0.825 bits per heavy atom. The molecule has 0 bridgehead atoms. The van der Waals surface area contributed by atoms with Crippen LogP contribution in [0.4, 0.5) is 5.13 Å². The molecule has 0 N–H and O–H groups in total. The maximum absolute atomic E-state index is 12.9. The van der Waals surface area contributed by atoms with Crippen molar-refractivity contribution in [2.45, 2.75) is 25.2 Å². The van der Waals surface area contributed by atoms with Crippen molar-refractivity contribution >= 4 is 37.9 Å². The molecule has 0 aliphatic carbocycles. The van der Waals surface area contributed by atoms with Crippen LogP contribution in [0.2, 0.25) is 0 Å². The van der Waals surface area contributed by atoms with Gasteiger partial charge < -0.3 is 9.47 Å². The summed E-state index contributed by atoms with van der Waals surface area (Å²) in [7, 11) is -0.218. The Morgan fingerprint density at radius 3 is 1.93 bits per heavy atom. The minimum absolute atomic E-state index is 0.277. The molecule has 206 valence electrons. The molecule has 0 radical (unpaired) electrons. The summed E-state index contributed by atoms with van der Waals surface area (Å²) in [6.45, 7) is 4.53. The maximum atomic E-state index is 12.9. The third kappa shape index (κ3) is 5.42. The first kappa shape index (κ1) is 27.7. The normalized spacial score (nSPS) is 13.6. The number of rotatable bonds is 10. The molecule has 0 spiro atoms. The predicted octanol–water partition coefficient (Wildman–Crippen LogP) is 5.80. The van der Waals surface area contributed by atoms with E-state index in [9.17, 15) is 8.42 Å². The van der Waals surface area contributed by atoms with Gasteiger partial charge in [0.25, 0.3) is 0 Å². The van der Waals surface area contributed by atoms with Gasteiger partial charge in [0.15, 0.2) is 5.69 Å². The second-order valence-corrected chi connectivity index (χ2v) is 11.8. The van der Waals surface area contributed by atoms with Crippen molar-refractivity contribution in [3.8, 4) is 22.8 Å². The topological polar surface area (TPSA) is 84.1 Å². The van der Waals surface area contributed by atoms with E-state index in [1.165, 1.54) is 15.6 Å². The largest absolute Gasteiger partial charge is 0.497 e. The van der Waals surface area contributed by atoms with Crippen molar-refractivity contribution in [1.82, 2.24) is 9.29 Å². The molecule has 0 amide bonds. The van der Waals surface area contributed by atoms with Crippen molar-refractivity contribution < 1.29 is 22.6 Å². The van der Waals surface area contributed by atoms with Crippen LogP contribution in [0.15, 0.2) is 88.2 Å². The fourth-order valence-corrected chi connectivity index (χ4v) is 6.83. The molecule has 0 fully saturated rings. The number of benzene rings is 3. The Labute approximate surface area is 238 Å². The van der Waals surface area contributed by atoms with Gasteiger partial charge in [-0.05, 0) is 89.1 Å². The minimum atomic E-state index is -3.52. The molecular formula is C30H31N4O4S2+. The van der Waals surface area contributed by atoms with E-state index >= 15 is 0 Å². The number of methoxy groups -OCH3 is 2. The van der Waals surface area contributed by atoms with Gasteiger partial charge in [-0.1, -0.05) is 23.6 Å². The lowest BCUT2D eigenvalue weighted by Gasteiger charge is -2.18. The highest BCUT2D eigenvalue weighted by Crippen LogP contribution is 2.31. The number of hydrogen-bond donors (Lipinski definition) is 0. The van der Waals surface area contributed by atoms with E-state index in [2.05, 4.69) is 0 Å². The average Bonchev–Trinajstić information content (AvgIpc) is 3.66. The van der Waals surface area contributed by atoms with Crippen LogP contribution in [0.25, 0.3) is 11.3 Å². The summed E-state index contributed by atoms with van der Waals surface area (Å²) in [6, 6.07) is 22.7. The molecule has 4 aromatic rings. The van der Waals surface area contributed by atoms with Crippen molar-refractivity contribution in [2.75, 3.05) is 27.3 Å². The zero-order valence-corrected chi connectivity index (χ0v) is 24.5. The third-order valence-corrected chi connectivity index (χ3v) is 9.70. The van der Waals surface area contributed by atoms with Crippen molar-refractivity contribution in [3.63, 3.8) is 0 Å². The minimum Gasteiger partial charge on any atom is -0.497 e. The van der Waals surface area contributed by atoms with E-state index in [0.717, 1.165) is 50.4 Å². The van der Waals surface area contributed by atoms with Crippen LogP contribution in [0.3, 0.4) is 0 Å². The summed E-state index contributed by atoms with van der Waals surface area (Å²) in [5.74, 6) is 1.58. The zero-order valence-electron chi connectivity index (χ0n) is 22.9. The highest BCUT2D eigenvalue weighted by Gasteiger charge is 2.30. The predicted molar refractivity (Wildman–Crippen MR) is 159 cm³/mol. The van der Waals surface area contributed by atoms with Gasteiger partial charge in [0, 0.05) is 29.8 Å². The van der Waals surface area contributed by atoms with Crippen LogP contribution in [0, 0.1) is 0 Å². The molecule has 0 saturated carbocycles. The number of sulfonamides is 1. The van der Waals surface area contributed by atoms with E-state index in [1.807, 2.05) is 72.4 Å². The summed E-state index contributed by atoms with van der Waals surface area (Å²) in [4.78, 5) is 5.18. The fourth-order valence-electron chi connectivity index (χ4n) is 4.56. The molecule has 0 saturated heterocycles. The second kappa shape index (κ2) is 11.7. The smallest absolute Gasteiger partial charge is 0.408 e. The quantitative estimate of drug-likeness (QED) is 0.223. The Hall–Kier alpha value is -3.86. The van der Waals surface area contributed by atoms with Crippen LogP contribution < -0.4 is 9.47 Å². The number of thiazole rings is 1. The van der Waals surface area contributed by atoms with E-state index < -0.39 is 10.0 Å². The lowest BCUT2D eigenvalue weighted by molar-refractivity contribution is -0.441. The molecule has 1 aliphatic rings. The van der Waals surface area contributed by atoms with E-state index in [-0.39, 0.29) is 4.90 Å². The van der Waals surface area contributed by atoms with Crippen molar-refractivity contribution in [1.29, 1.82) is 0 Å². The molecule has 0 unspecified atom stereocenters. The molecule has 2 heterocycles. The molecule has 5 rings (SSSR count). The molecular weight excluding hydrogens is 544 g/mol. The van der Waals surface area contributed by atoms with Crippen LogP contribution >= 0.6 is 11.3 Å². The summed E-state index contributed by atoms with van der Waals surface area (Å²) < 4.78 is 39.8. The SMILES string of the molecule is CCN(CC)S(=O)(=O)c1ccc(-c2csc([N+]3=C(c4ccc(OC)cc4)CC(c4ccc(OC)cc4)=N3)n2)cc1. The van der Waals surface area contributed by atoms with Crippen molar-refractivity contribution in [2.24, 2.45) is 5.10 Å². The van der Waals surface area contributed by atoms with Gasteiger partial charge in [0.1, 0.15) is 17.2 Å². The first-order chi connectivity index (χ1) is 19.4. The summed E-state index contributed by atoms with van der Waals surface area (Å²) in [5, 5.41) is 7.67. The average molecular weight is 576 g/mol. The Kier molecular flexibility index (Phi) is 8.11. The summed E-state index contributed by atoms with van der Waals surface area (Å²) in [5.41, 5.74) is 5.57. The number of hydrogen-bond acceptors (Lipinski definition) is 7. The van der Waals surface area contributed by atoms with Crippen molar-refractivity contribution in [3.05, 3.63) is 89.3 Å². The first-order valence-corrected chi connectivity index (χ1v) is 15.3. The van der Waals surface area contributed by atoms with Gasteiger partial charge in [-0.2, -0.15) is 4.31 Å². The van der Waals surface area contributed by atoms with Gasteiger partial charge >= 0.3 is 5.13 Å². The highest BCUT2D eigenvalue weighted by atomic mass is 32.2. The first-order valence-electron chi connectivity index (χ1n) is 13.0. The molecule has 1 aromatic heterocycles. The van der Waals surface area contributed by atoms with Gasteiger partial charge in [-0.25, -0.2) is 8.42 Å². The van der Waals surface area contributed by atoms with E-state index in [0.29, 0.717) is 19.5 Å². The van der Waals surface area contributed by atoms with E-state index in [1.54, 1.807) is 38.5 Å². The van der Waals surface area contributed by atoms with Gasteiger partial charge in [0.05, 0.1) is 36.6 Å². The van der Waals surface area contributed by atoms with Crippen LogP contribution in [0.5, 0.6) is 11.5 Å². The molecule has 0 atom stereocenters. The number of ether oxygens (including phenoxy) is 2. The summed E-state index contributed by atoms with van der Waals surface area (Å²) in [6.07, 6.45) is 0.630. The second-order valence-electron chi connectivity index (χ2n) is 9.07. The Balaban J connectivity index is 1.50. The summed E-state index contributed by atoms with van der Waals surface area (Å²) >= 11 is 1.49. The highest BCUT2D eigenvalue weighted by molar-refractivity contribution is 7.89. The Bertz CT molecular complexity index is 1650. The van der Waals surface area contributed by atoms with E-state index in [4.69, 9.17) is 19.6 Å². The fraction of sp³-hybridized carbons (Fsp3) is 0.233. The number of aromatic nitrogens is 1. The Morgan fingerprint density at radius 2 is 1.38 bits per heavy atom. The number of hydrazone groups is 1. The third-order valence-electron chi connectivity index (χ3n) is 6.82. The molecule has 3 aromatic carbocycles. The lowest BCUT2D eigenvalue weighted by Crippen LogP contribution is -2.30. The molecule has 1 aliphatic heterocycles. The lowest BCUT2D eigenvalue weighted by atomic mass is 10.0. The van der Waals surface area contributed by atoms with Crippen LogP contribution in [-0.4, -0.2) is 61.1 Å². The number of nitrogens with zero attached hydrogens (tertiary/aromatic N) is 4. The molecule has 40 heavy (non-hydrogen) atoms. The van der Waals surface area contributed by atoms with Gasteiger partial charge in [0.2, 0.25) is 10.0 Å².